The molecule has 6 heteroatoms. The second-order valence-corrected chi connectivity index (χ2v) is 9.43. The molecule has 0 bridgehead atoms. The van der Waals surface area contributed by atoms with Crippen LogP contribution in [0.5, 0.6) is 0 Å². The summed E-state index contributed by atoms with van der Waals surface area (Å²) in [7, 11) is 0. The van der Waals surface area contributed by atoms with E-state index in [9.17, 15) is 4.79 Å². The first-order valence-corrected chi connectivity index (χ1v) is 9.53. The molecule has 106 valence electrons. The maximum atomic E-state index is 11.9. The van der Waals surface area contributed by atoms with Gasteiger partial charge in [-0.15, -0.1) is 11.8 Å². The van der Waals surface area contributed by atoms with Crippen LogP contribution in [0.25, 0.3) is 0 Å². The molecule has 2 nitrogen and oxygen atoms in total. The van der Waals surface area contributed by atoms with E-state index in [0.717, 1.165) is 9.79 Å². The van der Waals surface area contributed by atoms with Crippen LogP contribution in [-0.2, 0) is 0 Å². The molecule has 0 aliphatic carbocycles. The average Bonchev–Trinajstić information content (AvgIpc) is 2.36. The second-order valence-electron chi connectivity index (χ2n) is 4.32. The van der Waals surface area contributed by atoms with Gasteiger partial charge in [0, 0.05) is 21.2 Å². The van der Waals surface area contributed by atoms with Gasteiger partial charge in [-0.1, -0.05) is 44.8 Å². The van der Waals surface area contributed by atoms with Crippen LogP contribution in [0.4, 0.5) is 4.79 Å². The van der Waals surface area contributed by atoms with Crippen molar-refractivity contribution in [1.29, 1.82) is 0 Å². The molecule has 0 spiro atoms. The highest BCUT2D eigenvalue weighted by atomic mass is 79.9. The highest BCUT2D eigenvalue weighted by Crippen LogP contribution is 2.28. The molecular formula is C13H17Br2NOS2. The lowest BCUT2D eigenvalue weighted by atomic mass is 10.1. The number of benzene rings is 1. The van der Waals surface area contributed by atoms with Crippen LogP contribution in [0.15, 0.2) is 34.1 Å². The highest BCUT2D eigenvalue weighted by Gasteiger charge is 2.26. The minimum absolute atomic E-state index is 0.0305. The van der Waals surface area contributed by atoms with Crippen molar-refractivity contribution in [3.05, 3.63) is 24.3 Å². The summed E-state index contributed by atoms with van der Waals surface area (Å²) in [5, 5.41) is 2.90. The summed E-state index contributed by atoms with van der Waals surface area (Å²) in [6, 6.07) is 7.98. The Labute approximate surface area is 140 Å². The van der Waals surface area contributed by atoms with E-state index in [1.54, 1.807) is 11.8 Å². The van der Waals surface area contributed by atoms with Gasteiger partial charge < -0.3 is 5.32 Å². The molecule has 0 aromatic heterocycles. The third kappa shape index (κ3) is 6.10. The van der Waals surface area contributed by atoms with E-state index in [0.29, 0.717) is 6.54 Å². The summed E-state index contributed by atoms with van der Waals surface area (Å²) < 4.78 is -0.148. The lowest BCUT2D eigenvalue weighted by molar-refractivity contribution is 0.260. The molecule has 0 radical (unpaired) electrons. The Hall–Kier alpha value is 0.350. The number of thioether (sulfide) groups is 2. The fourth-order valence-corrected chi connectivity index (χ4v) is 2.72. The molecule has 2 atom stereocenters. The van der Waals surface area contributed by atoms with Crippen molar-refractivity contribution >= 4 is 60.6 Å². The van der Waals surface area contributed by atoms with Crippen molar-refractivity contribution in [3.8, 4) is 0 Å². The molecular weight excluding hydrogens is 410 g/mol. The van der Waals surface area contributed by atoms with E-state index in [4.69, 9.17) is 0 Å². The van der Waals surface area contributed by atoms with Gasteiger partial charge in [0.15, 0.2) is 0 Å². The summed E-state index contributed by atoms with van der Waals surface area (Å²) in [6.07, 6.45) is 2.03. The van der Waals surface area contributed by atoms with Gasteiger partial charge in [-0.05, 0) is 43.1 Å². The van der Waals surface area contributed by atoms with Gasteiger partial charge in [-0.2, -0.15) is 0 Å². The van der Waals surface area contributed by atoms with Gasteiger partial charge in [0.2, 0.25) is 0 Å². The van der Waals surface area contributed by atoms with Crippen LogP contribution in [-0.4, -0.2) is 27.2 Å². The number of amides is 1. The van der Waals surface area contributed by atoms with E-state index >= 15 is 0 Å². The van der Waals surface area contributed by atoms with E-state index in [-0.39, 0.29) is 14.4 Å². The number of nitrogens with one attached hydrogen (secondary N) is 1. The summed E-state index contributed by atoms with van der Waals surface area (Å²) in [4.78, 5) is 14.3. The Balaban J connectivity index is 2.51. The number of halogens is 2. The Kier molecular flexibility index (Phi) is 7.29. The zero-order valence-electron chi connectivity index (χ0n) is 11.1. The van der Waals surface area contributed by atoms with Crippen LogP contribution < -0.4 is 5.32 Å². The van der Waals surface area contributed by atoms with Gasteiger partial charge >= 0.3 is 0 Å². The molecule has 19 heavy (non-hydrogen) atoms. The Morgan fingerprint density at radius 3 is 2.68 bits per heavy atom. The molecule has 0 heterocycles. The highest BCUT2D eigenvalue weighted by molar-refractivity contribution is 9.12. The van der Waals surface area contributed by atoms with Gasteiger partial charge in [0.25, 0.3) is 5.24 Å². The van der Waals surface area contributed by atoms with Crippen LogP contribution in [0.3, 0.4) is 0 Å². The number of rotatable bonds is 5. The molecule has 0 saturated heterocycles. The number of hydrogen-bond donors (Lipinski definition) is 1. The zero-order valence-corrected chi connectivity index (χ0v) is 15.9. The predicted molar refractivity (Wildman–Crippen MR) is 93.2 cm³/mol. The minimum atomic E-state index is -0.148. The molecule has 0 aliphatic heterocycles. The summed E-state index contributed by atoms with van der Waals surface area (Å²) in [6.45, 7) is 4.68. The number of hydrogen-bond acceptors (Lipinski definition) is 3. The zero-order chi connectivity index (χ0) is 14.5. The lowest BCUT2D eigenvalue weighted by Gasteiger charge is -2.25. The third-order valence-corrected chi connectivity index (χ3v) is 6.80. The van der Waals surface area contributed by atoms with Crippen LogP contribution in [0.2, 0.25) is 0 Å². The number of carbonyl (C=O) groups excluding carboxylic acids is 1. The van der Waals surface area contributed by atoms with E-state index in [1.165, 1.54) is 11.8 Å². The van der Waals surface area contributed by atoms with E-state index in [2.05, 4.69) is 44.1 Å². The fourth-order valence-electron chi connectivity index (χ4n) is 1.19. The Morgan fingerprint density at radius 1 is 1.47 bits per heavy atom. The molecule has 1 amide bonds. The summed E-state index contributed by atoms with van der Waals surface area (Å²) in [5.74, 6) is 0. The molecule has 0 fully saturated rings. The largest absolute Gasteiger partial charge is 0.345 e. The van der Waals surface area contributed by atoms with Gasteiger partial charge in [-0.25, -0.2) is 0 Å². The maximum absolute atomic E-state index is 11.9. The van der Waals surface area contributed by atoms with Crippen molar-refractivity contribution in [2.24, 2.45) is 0 Å². The lowest BCUT2D eigenvalue weighted by Crippen LogP contribution is -2.39. The molecule has 1 aromatic rings. The topological polar surface area (TPSA) is 29.1 Å². The van der Waals surface area contributed by atoms with Crippen LogP contribution in [0.1, 0.15) is 13.8 Å². The molecule has 0 aliphatic rings. The van der Waals surface area contributed by atoms with Crippen molar-refractivity contribution in [3.63, 3.8) is 0 Å². The van der Waals surface area contributed by atoms with Gasteiger partial charge in [0.05, 0.1) is 4.32 Å². The second kappa shape index (κ2) is 7.96. The number of alkyl halides is 2. The molecule has 1 N–H and O–H groups in total. The Bertz CT molecular complexity index is 438. The third-order valence-electron chi connectivity index (χ3n) is 2.66. The van der Waals surface area contributed by atoms with Crippen molar-refractivity contribution in [2.75, 3.05) is 12.8 Å². The quantitative estimate of drug-likeness (QED) is 0.521. The molecule has 1 rings (SSSR count). The van der Waals surface area contributed by atoms with E-state index in [1.807, 2.05) is 37.4 Å². The van der Waals surface area contributed by atoms with Crippen LogP contribution >= 0.6 is 55.4 Å². The van der Waals surface area contributed by atoms with Crippen molar-refractivity contribution in [2.45, 2.75) is 32.8 Å². The minimum Gasteiger partial charge on any atom is -0.345 e. The SMILES string of the molecule is CSc1cccc(SC(=O)NCC(C)(Br)C(C)Br)c1. The normalized spacial score (nSPS) is 15.6. The first-order chi connectivity index (χ1) is 8.85. The summed E-state index contributed by atoms with van der Waals surface area (Å²) >= 11 is 10.0. The molecule has 0 saturated carbocycles. The Morgan fingerprint density at radius 2 is 2.11 bits per heavy atom. The van der Waals surface area contributed by atoms with Crippen LogP contribution in [0, 0.1) is 0 Å². The van der Waals surface area contributed by atoms with Gasteiger partial charge in [0.1, 0.15) is 0 Å². The van der Waals surface area contributed by atoms with Gasteiger partial charge in [-0.3, -0.25) is 4.79 Å². The monoisotopic (exact) mass is 425 g/mol. The van der Waals surface area contributed by atoms with E-state index < -0.39 is 0 Å². The molecule has 1 aromatic carbocycles. The van der Waals surface area contributed by atoms with Crippen molar-refractivity contribution in [1.82, 2.24) is 5.32 Å². The molecule has 2 unspecified atom stereocenters. The predicted octanol–water partition coefficient (Wildman–Crippen LogP) is 5.15. The first kappa shape index (κ1) is 17.4. The van der Waals surface area contributed by atoms with Crippen molar-refractivity contribution < 1.29 is 4.79 Å². The first-order valence-electron chi connectivity index (χ1n) is 5.78. The smallest absolute Gasteiger partial charge is 0.283 e. The summed E-state index contributed by atoms with van der Waals surface area (Å²) in [5.41, 5.74) is 0. The standard InChI is InChI=1S/C13H17Br2NOS2/c1-9(14)13(2,15)8-16-12(17)19-11-6-4-5-10(7-11)18-3/h4-7,9H,8H2,1-3H3,(H,16,17). The number of carbonyl (C=O) groups is 1. The maximum Gasteiger partial charge on any atom is 0.283 e. The fraction of sp³-hybridized carbons (Fsp3) is 0.462. The average molecular weight is 427 g/mol.